The lowest BCUT2D eigenvalue weighted by molar-refractivity contribution is -0.138. The predicted octanol–water partition coefficient (Wildman–Crippen LogP) is 0.696. The van der Waals surface area contributed by atoms with E-state index in [0.29, 0.717) is 31.0 Å². The van der Waals surface area contributed by atoms with Gasteiger partial charge in [0, 0.05) is 44.7 Å². The molecule has 2 aromatic heterocycles. The third-order valence-electron chi connectivity index (χ3n) is 4.29. The first-order chi connectivity index (χ1) is 11.5. The zero-order chi connectivity index (χ0) is 17.3. The molecule has 24 heavy (non-hydrogen) atoms. The minimum absolute atomic E-state index is 0.0238. The van der Waals surface area contributed by atoms with Crippen LogP contribution in [0.1, 0.15) is 41.2 Å². The van der Waals surface area contributed by atoms with Crippen molar-refractivity contribution in [1.29, 1.82) is 0 Å². The standard InChI is InChI=1S/C15H19N5O4/c1-3-10-5-12(17-24-10)15(23)20-6-9(4-14(21)22)11(7-20)13-8-19(2)18-16-13/h5,8-9,11H,3-4,6-7H2,1-2H3,(H,21,22)/t9-,11+/m0/s1. The van der Waals surface area contributed by atoms with Gasteiger partial charge in [-0.2, -0.15) is 0 Å². The predicted molar refractivity (Wildman–Crippen MR) is 81.3 cm³/mol. The van der Waals surface area contributed by atoms with Crippen LogP contribution in [0, 0.1) is 5.92 Å². The molecule has 1 N–H and O–H groups in total. The minimum atomic E-state index is -0.891. The molecule has 0 bridgehead atoms. The molecule has 3 heterocycles. The number of hydrogen-bond acceptors (Lipinski definition) is 6. The number of likely N-dealkylation sites (tertiary alicyclic amines) is 1. The Bertz CT molecular complexity index is 753. The number of carbonyl (C=O) groups is 2. The molecule has 1 fully saturated rings. The van der Waals surface area contributed by atoms with Gasteiger partial charge in [-0.3, -0.25) is 14.3 Å². The highest BCUT2D eigenvalue weighted by Crippen LogP contribution is 2.34. The van der Waals surface area contributed by atoms with Crippen LogP contribution in [0.4, 0.5) is 0 Å². The molecule has 9 nitrogen and oxygen atoms in total. The Morgan fingerprint density at radius 2 is 2.21 bits per heavy atom. The van der Waals surface area contributed by atoms with Crippen molar-refractivity contribution in [3.8, 4) is 0 Å². The Morgan fingerprint density at radius 1 is 1.42 bits per heavy atom. The highest BCUT2D eigenvalue weighted by Gasteiger charge is 2.39. The largest absolute Gasteiger partial charge is 0.481 e. The van der Waals surface area contributed by atoms with E-state index < -0.39 is 5.97 Å². The molecule has 2 aromatic rings. The molecule has 3 rings (SSSR count). The second kappa shape index (κ2) is 6.42. The Kier molecular flexibility index (Phi) is 4.32. The van der Waals surface area contributed by atoms with Crippen molar-refractivity contribution in [3.05, 3.63) is 29.4 Å². The van der Waals surface area contributed by atoms with Crippen molar-refractivity contribution in [2.75, 3.05) is 13.1 Å². The number of amides is 1. The summed E-state index contributed by atoms with van der Waals surface area (Å²) < 4.78 is 6.66. The first kappa shape index (κ1) is 16.2. The van der Waals surface area contributed by atoms with Crippen LogP contribution in [0.25, 0.3) is 0 Å². The summed E-state index contributed by atoms with van der Waals surface area (Å²) >= 11 is 0. The zero-order valence-corrected chi connectivity index (χ0v) is 13.5. The molecule has 2 atom stereocenters. The van der Waals surface area contributed by atoms with Crippen LogP contribution in [0.2, 0.25) is 0 Å². The van der Waals surface area contributed by atoms with Crippen molar-refractivity contribution in [2.24, 2.45) is 13.0 Å². The number of aryl methyl sites for hydroxylation is 2. The van der Waals surface area contributed by atoms with Gasteiger partial charge in [-0.25, -0.2) is 0 Å². The highest BCUT2D eigenvalue weighted by molar-refractivity contribution is 5.92. The van der Waals surface area contributed by atoms with E-state index in [1.165, 1.54) is 0 Å². The Hall–Kier alpha value is -2.71. The average Bonchev–Trinajstić information content (AvgIpc) is 3.25. The third kappa shape index (κ3) is 3.15. The molecule has 128 valence electrons. The summed E-state index contributed by atoms with van der Waals surface area (Å²) in [5.41, 5.74) is 0.953. The number of nitrogens with zero attached hydrogens (tertiary/aromatic N) is 5. The van der Waals surface area contributed by atoms with Crippen molar-refractivity contribution in [1.82, 2.24) is 25.1 Å². The van der Waals surface area contributed by atoms with Gasteiger partial charge in [0.15, 0.2) is 5.69 Å². The number of carbonyl (C=O) groups excluding carboxylic acids is 1. The van der Waals surface area contributed by atoms with Gasteiger partial charge in [0.1, 0.15) is 5.76 Å². The third-order valence-corrected chi connectivity index (χ3v) is 4.29. The summed E-state index contributed by atoms with van der Waals surface area (Å²) in [4.78, 5) is 25.4. The van der Waals surface area contributed by atoms with Crippen LogP contribution < -0.4 is 0 Å². The van der Waals surface area contributed by atoms with Crippen LogP contribution in [0.5, 0.6) is 0 Å². The molecule has 1 amide bonds. The van der Waals surface area contributed by atoms with Crippen LogP contribution in [0.15, 0.2) is 16.8 Å². The van der Waals surface area contributed by atoms with E-state index in [4.69, 9.17) is 9.63 Å². The topological polar surface area (TPSA) is 114 Å². The van der Waals surface area contributed by atoms with Crippen molar-refractivity contribution < 1.29 is 19.2 Å². The van der Waals surface area contributed by atoms with Gasteiger partial charge in [0.25, 0.3) is 5.91 Å². The fourth-order valence-corrected chi connectivity index (χ4v) is 3.08. The minimum Gasteiger partial charge on any atom is -0.481 e. The van der Waals surface area contributed by atoms with Gasteiger partial charge in [-0.1, -0.05) is 17.3 Å². The highest BCUT2D eigenvalue weighted by atomic mass is 16.5. The van der Waals surface area contributed by atoms with Crippen LogP contribution >= 0.6 is 0 Å². The maximum atomic E-state index is 12.6. The van der Waals surface area contributed by atoms with Gasteiger partial charge in [0.2, 0.25) is 0 Å². The summed E-state index contributed by atoms with van der Waals surface area (Å²) in [5, 5.41) is 20.9. The number of carboxylic acid groups (broad SMARTS) is 1. The summed E-state index contributed by atoms with van der Waals surface area (Å²) in [5.74, 6) is -0.861. The summed E-state index contributed by atoms with van der Waals surface area (Å²) in [6.07, 6.45) is 2.40. The molecular formula is C15H19N5O4. The van der Waals surface area contributed by atoms with E-state index >= 15 is 0 Å². The fraction of sp³-hybridized carbons (Fsp3) is 0.533. The first-order valence-corrected chi connectivity index (χ1v) is 7.80. The van der Waals surface area contributed by atoms with Crippen molar-refractivity contribution in [2.45, 2.75) is 25.7 Å². The Morgan fingerprint density at radius 3 is 2.79 bits per heavy atom. The van der Waals surface area contributed by atoms with Gasteiger partial charge in [-0.15, -0.1) is 5.10 Å². The fourth-order valence-electron chi connectivity index (χ4n) is 3.08. The van der Waals surface area contributed by atoms with Crippen molar-refractivity contribution >= 4 is 11.9 Å². The van der Waals surface area contributed by atoms with Crippen LogP contribution in [-0.2, 0) is 18.3 Å². The molecule has 1 saturated heterocycles. The quantitative estimate of drug-likeness (QED) is 0.856. The second-order valence-electron chi connectivity index (χ2n) is 6.02. The smallest absolute Gasteiger partial charge is 0.303 e. The molecule has 0 aromatic carbocycles. The number of aromatic nitrogens is 4. The Balaban J connectivity index is 1.80. The molecule has 0 spiro atoms. The van der Waals surface area contributed by atoms with Crippen LogP contribution in [-0.4, -0.2) is 55.1 Å². The molecule has 9 heteroatoms. The average molecular weight is 333 g/mol. The van der Waals surface area contributed by atoms with E-state index in [9.17, 15) is 9.59 Å². The van der Waals surface area contributed by atoms with Gasteiger partial charge >= 0.3 is 5.97 Å². The number of carboxylic acids is 1. The summed E-state index contributed by atoms with van der Waals surface area (Å²) in [6.45, 7) is 2.65. The lowest BCUT2D eigenvalue weighted by Crippen LogP contribution is -2.29. The Labute approximate surface area is 138 Å². The molecule has 0 unspecified atom stereocenters. The normalized spacial score (nSPS) is 20.5. The number of aliphatic carboxylic acids is 1. The molecule has 0 saturated carbocycles. The maximum absolute atomic E-state index is 12.6. The van der Waals surface area contributed by atoms with Gasteiger partial charge in [0.05, 0.1) is 12.1 Å². The zero-order valence-electron chi connectivity index (χ0n) is 13.5. The van der Waals surface area contributed by atoms with Crippen molar-refractivity contribution in [3.63, 3.8) is 0 Å². The van der Waals surface area contributed by atoms with E-state index in [2.05, 4.69) is 15.5 Å². The molecule has 0 aliphatic carbocycles. The van der Waals surface area contributed by atoms with Gasteiger partial charge < -0.3 is 14.5 Å². The summed E-state index contributed by atoms with van der Waals surface area (Å²) in [6, 6.07) is 1.63. The lowest BCUT2D eigenvalue weighted by atomic mass is 9.91. The summed E-state index contributed by atoms with van der Waals surface area (Å²) in [7, 11) is 1.75. The maximum Gasteiger partial charge on any atom is 0.303 e. The van der Waals surface area contributed by atoms with E-state index in [1.807, 2.05) is 6.92 Å². The van der Waals surface area contributed by atoms with Crippen LogP contribution in [0.3, 0.4) is 0 Å². The molecular weight excluding hydrogens is 314 g/mol. The number of rotatable bonds is 5. The SMILES string of the molecule is CCc1cc(C(=O)N2C[C@H](CC(=O)O)[C@H](c3cn(C)nn3)C2)no1. The van der Waals surface area contributed by atoms with E-state index in [1.54, 1.807) is 28.9 Å². The molecule has 0 radical (unpaired) electrons. The molecule has 1 aliphatic heterocycles. The van der Waals surface area contributed by atoms with E-state index in [-0.39, 0.29) is 29.9 Å². The molecule has 1 aliphatic rings. The number of hydrogen-bond donors (Lipinski definition) is 1. The van der Waals surface area contributed by atoms with E-state index in [0.717, 1.165) is 0 Å². The second-order valence-corrected chi connectivity index (χ2v) is 6.02. The van der Waals surface area contributed by atoms with Gasteiger partial charge in [-0.05, 0) is 5.92 Å². The lowest BCUT2D eigenvalue weighted by Gasteiger charge is -2.13. The first-order valence-electron chi connectivity index (χ1n) is 7.80. The monoisotopic (exact) mass is 333 g/mol.